The molecule has 9 nitrogen and oxygen atoms in total. The van der Waals surface area contributed by atoms with Gasteiger partial charge in [-0.2, -0.15) is 5.10 Å². The van der Waals surface area contributed by atoms with Gasteiger partial charge >= 0.3 is 5.97 Å². The first kappa shape index (κ1) is 17.4. The van der Waals surface area contributed by atoms with E-state index in [1.165, 1.54) is 15.6 Å². The number of rotatable bonds is 3. The zero-order valence-electron chi connectivity index (χ0n) is 14.2. The molecule has 1 aromatic carbocycles. The second kappa shape index (κ2) is 6.62. The van der Waals surface area contributed by atoms with Crippen LogP contribution in [-0.2, 0) is 29.6 Å². The minimum atomic E-state index is -0.599. The number of nitrogens with one attached hydrogen (secondary N) is 1. The third kappa shape index (κ3) is 3.23. The van der Waals surface area contributed by atoms with Crippen LogP contribution in [0.3, 0.4) is 0 Å². The Balaban J connectivity index is 1.54. The number of carbonyl (C=O) groups is 2. The first-order chi connectivity index (χ1) is 12.9. The molecule has 1 N–H and O–H groups in total. The molecule has 0 saturated carbocycles. The van der Waals surface area contributed by atoms with Crippen molar-refractivity contribution in [1.82, 2.24) is 19.3 Å². The van der Waals surface area contributed by atoms with Crippen molar-refractivity contribution in [3.8, 4) is 5.75 Å². The van der Waals surface area contributed by atoms with E-state index in [-0.39, 0.29) is 18.0 Å². The number of nitrogens with zero attached hydrogens (tertiary/aromatic N) is 4. The molecule has 0 fully saturated rings. The number of aryl methyl sites for hydroxylation is 2. The van der Waals surface area contributed by atoms with E-state index in [1.807, 2.05) is 0 Å². The largest absolute Gasteiger partial charge is 0.425 e. The monoisotopic (exact) mass is 431 g/mol. The normalized spacial score (nSPS) is 13.3. The van der Waals surface area contributed by atoms with Crippen molar-refractivity contribution in [2.75, 3.05) is 5.32 Å². The average Bonchev–Trinajstić information content (AvgIpc) is 2.92. The number of aromatic nitrogens is 4. The summed E-state index contributed by atoms with van der Waals surface area (Å²) in [5.41, 5.74) is 1.66. The van der Waals surface area contributed by atoms with Crippen molar-refractivity contribution < 1.29 is 14.3 Å². The fourth-order valence-corrected chi connectivity index (χ4v) is 3.56. The number of hydrogen-bond acceptors (Lipinski definition) is 6. The standard InChI is InChI=1S/C17H14BrN5O4/c1-22-16-14(15(18)21-22)17(26)23(8-19-16)7-13(25)27-10-3-4-11-9(6-10)2-5-12(24)20-11/h3-4,6,8H,2,5,7H2,1H3,(H,20,24). The number of halogens is 1. The van der Waals surface area contributed by atoms with Gasteiger partial charge in [0.2, 0.25) is 5.91 Å². The van der Waals surface area contributed by atoms with Gasteiger partial charge in [-0.3, -0.25) is 14.2 Å². The molecule has 0 atom stereocenters. The molecular weight excluding hydrogens is 418 g/mol. The quantitative estimate of drug-likeness (QED) is 0.495. The van der Waals surface area contributed by atoms with Gasteiger partial charge in [0.15, 0.2) is 5.65 Å². The van der Waals surface area contributed by atoms with Crippen molar-refractivity contribution in [1.29, 1.82) is 0 Å². The summed E-state index contributed by atoms with van der Waals surface area (Å²) in [5, 5.41) is 7.17. The molecule has 1 aliphatic heterocycles. The number of fused-ring (bicyclic) bond motifs is 2. The Kier molecular flexibility index (Phi) is 4.27. The lowest BCUT2D eigenvalue weighted by molar-refractivity contribution is -0.135. The summed E-state index contributed by atoms with van der Waals surface area (Å²) >= 11 is 3.23. The van der Waals surface area contributed by atoms with E-state index in [9.17, 15) is 14.4 Å². The lowest BCUT2D eigenvalue weighted by Crippen LogP contribution is -2.27. The second-order valence-corrected chi connectivity index (χ2v) is 6.88. The molecule has 27 heavy (non-hydrogen) atoms. The predicted molar refractivity (Wildman–Crippen MR) is 99.5 cm³/mol. The van der Waals surface area contributed by atoms with Gasteiger partial charge in [0.25, 0.3) is 5.56 Å². The number of hydrogen-bond donors (Lipinski definition) is 1. The van der Waals surface area contributed by atoms with Crippen LogP contribution in [0.2, 0.25) is 0 Å². The van der Waals surface area contributed by atoms with Crippen LogP contribution >= 0.6 is 15.9 Å². The van der Waals surface area contributed by atoms with Gasteiger partial charge in [0.05, 0.1) is 0 Å². The maximum atomic E-state index is 12.6. The highest BCUT2D eigenvalue weighted by Gasteiger charge is 2.18. The molecule has 0 aliphatic carbocycles. The van der Waals surface area contributed by atoms with Gasteiger partial charge in [-0.1, -0.05) is 0 Å². The van der Waals surface area contributed by atoms with Crippen molar-refractivity contribution in [3.63, 3.8) is 0 Å². The molecule has 1 aliphatic rings. The van der Waals surface area contributed by atoms with Crippen LogP contribution < -0.4 is 15.6 Å². The molecule has 3 heterocycles. The summed E-state index contributed by atoms with van der Waals surface area (Å²) in [4.78, 5) is 40.4. The topological polar surface area (TPSA) is 108 Å². The minimum absolute atomic E-state index is 0.0314. The highest BCUT2D eigenvalue weighted by atomic mass is 79.9. The van der Waals surface area contributed by atoms with Gasteiger partial charge in [0, 0.05) is 19.2 Å². The van der Waals surface area contributed by atoms with Crippen molar-refractivity contribution in [2.24, 2.45) is 7.05 Å². The summed E-state index contributed by atoms with van der Waals surface area (Å²) in [7, 11) is 1.68. The fraction of sp³-hybridized carbons (Fsp3) is 0.235. The molecule has 0 unspecified atom stereocenters. The van der Waals surface area contributed by atoms with Crippen LogP contribution in [0, 0.1) is 0 Å². The number of esters is 1. The van der Waals surface area contributed by atoms with Crippen molar-refractivity contribution in [2.45, 2.75) is 19.4 Å². The average molecular weight is 432 g/mol. The highest BCUT2D eigenvalue weighted by molar-refractivity contribution is 9.10. The Morgan fingerprint density at radius 2 is 2.15 bits per heavy atom. The Morgan fingerprint density at radius 3 is 2.96 bits per heavy atom. The van der Waals surface area contributed by atoms with Gasteiger partial charge in [-0.05, 0) is 46.1 Å². The molecule has 4 rings (SSSR count). The molecule has 0 spiro atoms. The van der Waals surface area contributed by atoms with Crippen LogP contribution in [-0.4, -0.2) is 31.2 Å². The van der Waals surface area contributed by atoms with Gasteiger partial charge in [-0.25, -0.2) is 14.5 Å². The molecular formula is C17H14BrN5O4. The smallest absolute Gasteiger partial charge is 0.331 e. The van der Waals surface area contributed by atoms with Crippen LogP contribution in [0.4, 0.5) is 5.69 Å². The Bertz CT molecular complexity index is 1150. The molecule has 0 radical (unpaired) electrons. The number of ether oxygens (including phenoxy) is 1. The first-order valence-electron chi connectivity index (χ1n) is 8.13. The highest BCUT2D eigenvalue weighted by Crippen LogP contribution is 2.27. The Morgan fingerprint density at radius 1 is 1.33 bits per heavy atom. The lowest BCUT2D eigenvalue weighted by Gasteiger charge is -2.17. The number of carbonyl (C=O) groups excluding carboxylic acids is 2. The second-order valence-electron chi connectivity index (χ2n) is 6.13. The maximum absolute atomic E-state index is 12.6. The third-order valence-electron chi connectivity index (χ3n) is 4.27. The minimum Gasteiger partial charge on any atom is -0.425 e. The number of benzene rings is 1. The maximum Gasteiger partial charge on any atom is 0.331 e. The van der Waals surface area contributed by atoms with E-state index in [0.717, 1.165) is 11.3 Å². The number of amides is 1. The van der Waals surface area contributed by atoms with E-state index in [4.69, 9.17) is 4.74 Å². The predicted octanol–water partition coefficient (Wildman–Crippen LogP) is 1.38. The molecule has 1 amide bonds. The first-order valence-corrected chi connectivity index (χ1v) is 8.93. The summed E-state index contributed by atoms with van der Waals surface area (Å²) in [5.74, 6) is -0.270. The lowest BCUT2D eigenvalue weighted by atomic mass is 10.0. The van der Waals surface area contributed by atoms with Crippen molar-refractivity contribution >= 4 is 44.5 Å². The van der Waals surface area contributed by atoms with Crippen LogP contribution in [0.25, 0.3) is 11.0 Å². The van der Waals surface area contributed by atoms with Crippen LogP contribution in [0.5, 0.6) is 5.75 Å². The van der Waals surface area contributed by atoms with E-state index in [2.05, 4.69) is 31.3 Å². The van der Waals surface area contributed by atoms with E-state index >= 15 is 0 Å². The summed E-state index contributed by atoms with van der Waals surface area (Å²) in [6.45, 7) is -0.281. The van der Waals surface area contributed by atoms with E-state index in [1.54, 1.807) is 25.2 Å². The Hall–Kier alpha value is -3.01. The van der Waals surface area contributed by atoms with Crippen molar-refractivity contribution in [3.05, 3.63) is 45.0 Å². The zero-order valence-corrected chi connectivity index (χ0v) is 15.8. The molecule has 138 valence electrons. The zero-order chi connectivity index (χ0) is 19.1. The number of anilines is 1. The fourth-order valence-electron chi connectivity index (χ4n) is 2.97. The summed E-state index contributed by atoms with van der Waals surface area (Å²) in [6, 6.07) is 5.01. The van der Waals surface area contributed by atoms with Gasteiger partial charge in [-0.15, -0.1) is 0 Å². The van der Waals surface area contributed by atoms with E-state index < -0.39 is 5.97 Å². The SMILES string of the molecule is Cn1nc(Br)c2c(=O)n(CC(=O)Oc3ccc4c(c3)CCC(=O)N4)cnc21. The van der Waals surface area contributed by atoms with Gasteiger partial charge in [0.1, 0.15) is 28.6 Å². The third-order valence-corrected chi connectivity index (χ3v) is 4.83. The molecule has 3 aromatic rings. The molecule has 0 bridgehead atoms. The summed E-state index contributed by atoms with van der Waals surface area (Å²) < 4.78 is 8.37. The van der Waals surface area contributed by atoms with E-state index in [0.29, 0.717) is 34.2 Å². The molecule has 2 aromatic heterocycles. The van der Waals surface area contributed by atoms with Gasteiger partial charge < -0.3 is 10.1 Å². The van der Waals surface area contributed by atoms with Crippen LogP contribution in [0.15, 0.2) is 33.9 Å². The Labute approximate surface area is 161 Å². The molecule has 0 saturated heterocycles. The molecule has 10 heteroatoms. The van der Waals surface area contributed by atoms with Crippen LogP contribution in [0.1, 0.15) is 12.0 Å². The summed E-state index contributed by atoms with van der Waals surface area (Å²) in [6.07, 6.45) is 2.27.